The van der Waals surface area contributed by atoms with E-state index >= 15 is 0 Å². The summed E-state index contributed by atoms with van der Waals surface area (Å²) in [5, 5.41) is 4.80. The first-order valence-corrected chi connectivity index (χ1v) is 11.9. The summed E-state index contributed by atoms with van der Waals surface area (Å²) in [6.07, 6.45) is 3.20. The molecule has 1 aromatic heterocycles. The second-order valence-electron chi connectivity index (χ2n) is 8.75. The van der Waals surface area contributed by atoms with Gasteiger partial charge in [0.25, 0.3) is 5.91 Å². The van der Waals surface area contributed by atoms with Crippen LogP contribution in [0.4, 0.5) is 0 Å². The first-order chi connectivity index (χ1) is 15.2. The number of hydrogen-bond donors (Lipinski definition) is 1. The van der Waals surface area contributed by atoms with E-state index in [-0.39, 0.29) is 5.91 Å². The highest BCUT2D eigenvalue weighted by Crippen LogP contribution is 2.45. The Kier molecular flexibility index (Phi) is 4.65. The monoisotopic (exact) mass is 434 g/mol. The van der Waals surface area contributed by atoms with Gasteiger partial charge in [-0.15, -0.1) is 11.3 Å². The number of benzene rings is 2. The first-order valence-electron chi connectivity index (χ1n) is 11.1. The molecule has 1 saturated heterocycles. The van der Waals surface area contributed by atoms with Gasteiger partial charge in [-0.2, -0.15) is 0 Å². The van der Waals surface area contributed by atoms with Gasteiger partial charge in [-0.1, -0.05) is 24.3 Å². The molecule has 1 unspecified atom stereocenters. The average molecular weight is 435 g/mol. The van der Waals surface area contributed by atoms with Crippen molar-refractivity contribution in [2.24, 2.45) is 5.92 Å². The average Bonchev–Trinajstić information content (AvgIpc) is 3.40. The van der Waals surface area contributed by atoms with Crippen LogP contribution in [0.15, 0.2) is 42.5 Å². The number of hydrogen-bond acceptors (Lipinski definition) is 5. The van der Waals surface area contributed by atoms with Gasteiger partial charge >= 0.3 is 0 Å². The zero-order valence-electron chi connectivity index (χ0n) is 17.6. The molecule has 6 rings (SSSR count). The number of carbonyl (C=O) groups excluding carboxylic acids is 1. The van der Waals surface area contributed by atoms with E-state index in [0.717, 1.165) is 45.8 Å². The molecule has 160 valence electrons. The van der Waals surface area contributed by atoms with E-state index < -0.39 is 0 Å². The third kappa shape index (κ3) is 3.04. The van der Waals surface area contributed by atoms with E-state index in [2.05, 4.69) is 29.6 Å². The van der Waals surface area contributed by atoms with Crippen LogP contribution in [-0.4, -0.2) is 43.8 Å². The topological polar surface area (TPSA) is 50.8 Å². The maximum atomic E-state index is 13.2. The Morgan fingerprint density at radius 3 is 3.03 bits per heavy atom. The third-order valence-corrected chi connectivity index (χ3v) is 8.34. The molecule has 31 heavy (non-hydrogen) atoms. The van der Waals surface area contributed by atoms with Crippen molar-refractivity contribution in [3.63, 3.8) is 0 Å². The Bertz CT molecular complexity index is 1160. The van der Waals surface area contributed by atoms with Crippen LogP contribution < -0.4 is 14.8 Å². The van der Waals surface area contributed by atoms with Crippen LogP contribution in [-0.2, 0) is 6.42 Å². The molecule has 0 bridgehead atoms. The van der Waals surface area contributed by atoms with Gasteiger partial charge in [0.05, 0.1) is 7.11 Å². The Labute approximate surface area is 186 Å². The summed E-state index contributed by atoms with van der Waals surface area (Å²) in [6.45, 7) is 2.08. The molecule has 3 atom stereocenters. The number of rotatable bonds is 4. The lowest BCUT2D eigenvalue weighted by Gasteiger charge is -2.33. The van der Waals surface area contributed by atoms with Crippen molar-refractivity contribution in [1.82, 2.24) is 10.2 Å². The number of methoxy groups -OCH3 is 1. The minimum absolute atomic E-state index is 0.0997. The SMILES string of the molecule is COc1cccc2c1CC[C@H]1CNC(CCN3COc4c(sc5ccccc45)C3=O)[C@@H]21. The van der Waals surface area contributed by atoms with Crippen molar-refractivity contribution in [3.8, 4) is 11.5 Å². The minimum atomic E-state index is 0.0997. The van der Waals surface area contributed by atoms with Crippen LogP contribution in [0.3, 0.4) is 0 Å². The van der Waals surface area contributed by atoms with E-state index in [1.165, 1.54) is 28.9 Å². The van der Waals surface area contributed by atoms with E-state index in [1.807, 2.05) is 23.1 Å². The lowest BCUT2D eigenvalue weighted by atomic mass is 9.73. The fraction of sp³-hybridized carbons (Fsp3) is 0.400. The highest BCUT2D eigenvalue weighted by Gasteiger charge is 2.41. The summed E-state index contributed by atoms with van der Waals surface area (Å²) in [4.78, 5) is 15.8. The highest BCUT2D eigenvalue weighted by atomic mass is 32.1. The normalized spacial score (nSPS) is 24.5. The molecular formula is C25H26N2O3S. The molecule has 1 fully saturated rings. The first kappa shape index (κ1) is 19.1. The molecule has 2 aromatic carbocycles. The molecule has 6 heteroatoms. The van der Waals surface area contributed by atoms with Gasteiger partial charge in [0.1, 0.15) is 10.6 Å². The number of nitrogens with one attached hydrogen (secondary N) is 1. The zero-order valence-corrected chi connectivity index (χ0v) is 18.4. The summed E-state index contributed by atoms with van der Waals surface area (Å²) in [5.41, 5.74) is 2.80. The Morgan fingerprint density at radius 1 is 1.23 bits per heavy atom. The largest absolute Gasteiger partial charge is 0.496 e. The summed E-state index contributed by atoms with van der Waals surface area (Å²) < 4.78 is 12.8. The predicted octanol–water partition coefficient (Wildman–Crippen LogP) is 4.41. The van der Waals surface area contributed by atoms with Crippen molar-refractivity contribution >= 4 is 27.3 Å². The Morgan fingerprint density at radius 2 is 2.13 bits per heavy atom. The van der Waals surface area contributed by atoms with Gasteiger partial charge in [0.2, 0.25) is 0 Å². The summed E-state index contributed by atoms with van der Waals surface area (Å²) in [5.74, 6) is 3.02. The maximum absolute atomic E-state index is 13.2. The number of amides is 1. The summed E-state index contributed by atoms with van der Waals surface area (Å²) in [7, 11) is 1.76. The molecule has 0 spiro atoms. The van der Waals surface area contributed by atoms with E-state index in [1.54, 1.807) is 7.11 Å². The fourth-order valence-corrected chi connectivity index (χ4v) is 6.83. The number of nitrogens with zero attached hydrogens (tertiary/aromatic N) is 1. The zero-order chi connectivity index (χ0) is 20.9. The standard InChI is InChI=1S/C25H26N2O3S/c1-29-20-7-4-6-17-16(20)10-9-15-13-26-19(22(15)17)11-12-27-14-30-23-18-5-2-3-8-21(18)31-24(23)25(27)28/h2-8,15,19,22,26H,9-14H2,1H3/t15-,19?,22+/m0/s1. The van der Waals surface area contributed by atoms with E-state index in [4.69, 9.17) is 9.47 Å². The molecule has 5 nitrogen and oxygen atoms in total. The van der Waals surface area contributed by atoms with Crippen molar-refractivity contribution in [2.45, 2.75) is 31.2 Å². The smallest absolute Gasteiger partial charge is 0.270 e. The second-order valence-corrected chi connectivity index (χ2v) is 9.81. The summed E-state index contributed by atoms with van der Waals surface area (Å²) in [6, 6.07) is 14.9. The highest BCUT2D eigenvalue weighted by molar-refractivity contribution is 7.21. The molecule has 0 radical (unpaired) electrons. The van der Waals surface area contributed by atoms with Crippen LogP contribution >= 0.6 is 11.3 Å². The van der Waals surface area contributed by atoms with Crippen LogP contribution in [0, 0.1) is 5.92 Å². The van der Waals surface area contributed by atoms with Crippen LogP contribution in [0.25, 0.3) is 10.1 Å². The number of fused-ring (bicyclic) bond motifs is 6. The molecule has 3 aliphatic rings. The molecule has 1 aliphatic carbocycles. The van der Waals surface area contributed by atoms with E-state index in [9.17, 15) is 4.79 Å². The number of ether oxygens (including phenoxy) is 2. The van der Waals surface area contributed by atoms with Gasteiger partial charge in [-0.25, -0.2) is 0 Å². The third-order valence-electron chi connectivity index (χ3n) is 7.20. The van der Waals surface area contributed by atoms with E-state index in [0.29, 0.717) is 31.2 Å². The second kappa shape index (κ2) is 7.53. The van der Waals surface area contributed by atoms with Crippen molar-refractivity contribution in [2.75, 3.05) is 26.9 Å². The van der Waals surface area contributed by atoms with Gasteiger partial charge < -0.3 is 19.7 Å². The number of thiophene rings is 1. The van der Waals surface area contributed by atoms with Crippen LogP contribution in [0.1, 0.15) is 39.6 Å². The molecule has 0 saturated carbocycles. The maximum Gasteiger partial charge on any atom is 0.270 e. The fourth-order valence-electron chi connectivity index (χ4n) is 5.71. The molecule has 2 aliphatic heterocycles. The molecule has 1 amide bonds. The molecule has 1 N–H and O–H groups in total. The number of carbonyl (C=O) groups is 1. The lowest BCUT2D eigenvalue weighted by molar-refractivity contribution is 0.0524. The predicted molar refractivity (Wildman–Crippen MR) is 122 cm³/mol. The lowest BCUT2D eigenvalue weighted by Crippen LogP contribution is -2.41. The molecular weight excluding hydrogens is 408 g/mol. The quantitative estimate of drug-likeness (QED) is 0.661. The molecule has 3 heterocycles. The van der Waals surface area contributed by atoms with Gasteiger partial charge in [-0.3, -0.25) is 4.79 Å². The van der Waals surface area contributed by atoms with Crippen molar-refractivity contribution in [3.05, 3.63) is 58.5 Å². The van der Waals surface area contributed by atoms with Gasteiger partial charge in [0.15, 0.2) is 12.5 Å². The minimum Gasteiger partial charge on any atom is -0.496 e. The van der Waals surface area contributed by atoms with Crippen LogP contribution in [0.5, 0.6) is 11.5 Å². The molecule has 3 aromatic rings. The van der Waals surface area contributed by atoms with Gasteiger partial charge in [-0.05, 0) is 61.1 Å². The van der Waals surface area contributed by atoms with Gasteiger partial charge in [0, 0.05) is 28.6 Å². The van der Waals surface area contributed by atoms with Crippen LogP contribution in [0.2, 0.25) is 0 Å². The Hall–Kier alpha value is -2.57. The summed E-state index contributed by atoms with van der Waals surface area (Å²) >= 11 is 1.54. The Balaban J connectivity index is 1.21. The van der Waals surface area contributed by atoms with Crippen molar-refractivity contribution < 1.29 is 14.3 Å². The van der Waals surface area contributed by atoms with Crippen molar-refractivity contribution in [1.29, 1.82) is 0 Å².